The standard InChI is InChI=1S/C16H15O2.Rf/c1-2-6-12-9-10-15(17)14(11-12)16(18)13-7-4-3-5-8-13;/h3-5,7-11,17H,1-2,6H2;/q-1;. The van der Waals surface area contributed by atoms with Crippen molar-refractivity contribution in [2.75, 3.05) is 0 Å². The molecule has 0 saturated heterocycles. The molecule has 0 fully saturated rings. The number of rotatable bonds is 4. The monoisotopic (exact) mass is 506 g/mol. The first kappa shape index (κ1) is 14.0. The predicted molar refractivity (Wildman–Crippen MR) is 71.7 cm³/mol. The molecule has 2 nitrogen and oxygen atoms in total. The molecule has 2 aromatic carbocycles. The van der Waals surface area contributed by atoms with Gasteiger partial charge in [-0.05, 0) is 17.7 Å². The van der Waals surface area contributed by atoms with Crippen LogP contribution in [0.2, 0.25) is 0 Å². The van der Waals surface area contributed by atoms with Gasteiger partial charge in [-0.15, -0.1) is 0 Å². The van der Waals surface area contributed by atoms with Crippen LogP contribution < -0.4 is 0 Å². The zero-order chi connectivity index (χ0) is 13.0. The third kappa shape index (κ3) is 2.97. The van der Waals surface area contributed by atoms with Gasteiger partial charge in [-0.1, -0.05) is 42.8 Å². The van der Waals surface area contributed by atoms with E-state index < -0.39 is 0 Å². The molecule has 0 saturated carbocycles. The minimum absolute atomic E-state index is 0. The molecule has 94 valence electrons. The third-order valence-corrected chi connectivity index (χ3v) is 2.81. The summed E-state index contributed by atoms with van der Waals surface area (Å²) in [6, 6.07) is 14.1. The Bertz CT molecular complexity index is 550. The molecule has 0 unspecified atom stereocenters. The third-order valence-electron chi connectivity index (χ3n) is 2.81. The second kappa shape index (κ2) is 6.01. The van der Waals surface area contributed by atoms with Crippen molar-refractivity contribution in [3.63, 3.8) is 0 Å². The summed E-state index contributed by atoms with van der Waals surface area (Å²) in [6.45, 7) is 3.79. The van der Waals surface area contributed by atoms with Gasteiger partial charge in [0.15, 0.2) is 5.78 Å². The van der Waals surface area contributed by atoms with Gasteiger partial charge in [0, 0.05) is 5.56 Å². The number of carbonyl (C=O) groups excluding carboxylic acids is 1. The topological polar surface area (TPSA) is 37.3 Å². The zero-order valence-electron chi connectivity index (χ0n) is 10.8. The molecule has 0 spiro atoms. The summed E-state index contributed by atoms with van der Waals surface area (Å²) in [6.07, 6.45) is 1.57. The second-order valence-electron chi connectivity index (χ2n) is 4.15. The second-order valence-corrected chi connectivity index (χ2v) is 4.15. The number of hydrogen-bond acceptors (Lipinski definition) is 2. The van der Waals surface area contributed by atoms with Gasteiger partial charge in [-0.3, -0.25) is 4.79 Å². The van der Waals surface area contributed by atoms with E-state index in [0.717, 1.165) is 18.4 Å². The number of benzene rings is 2. The number of phenols is 1. The maximum Gasteiger partial charge on any atom is 0.196 e. The Morgan fingerprint density at radius 2 is 1.79 bits per heavy atom. The van der Waals surface area contributed by atoms with Crippen molar-refractivity contribution in [1.82, 2.24) is 0 Å². The van der Waals surface area contributed by atoms with Crippen LogP contribution in [0.3, 0.4) is 0 Å². The summed E-state index contributed by atoms with van der Waals surface area (Å²) in [5.74, 6) is -0.129. The molecule has 2 aromatic rings. The van der Waals surface area contributed by atoms with Crippen LogP contribution >= 0.6 is 0 Å². The van der Waals surface area contributed by atoms with Crippen molar-refractivity contribution in [3.05, 3.63) is 72.1 Å². The summed E-state index contributed by atoms with van der Waals surface area (Å²) in [7, 11) is 0. The maximum absolute atomic E-state index is 12.2. The van der Waals surface area contributed by atoms with Crippen molar-refractivity contribution in [1.29, 1.82) is 0 Å². The Hall–Kier alpha value is -3.09. The van der Waals surface area contributed by atoms with Gasteiger partial charge >= 0.3 is 0 Å². The van der Waals surface area contributed by atoms with Gasteiger partial charge in [-0.2, -0.15) is 6.42 Å². The number of aryl methyl sites for hydroxylation is 1. The molecule has 0 aliphatic heterocycles. The van der Waals surface area contributed by atoms with Crippen LogP contribution in [0, 0.1) is 6.92 Å². The van der Waals surface area contributed by atoms with Crippen molar-refractivity contribution < 1.29 is 9.90 Å². The van der Waals surface area contributed by atoms with E-state index >= 15 is 0 Å². The van der Waals surface area contributed by atoms with E-state index in [1.165, 1.54) is 0 Å². The number of hydrogen-bond donors (Lipinski definition) is 1. The predicted octanol–water partition coefficient (Wildman–Crippen LogP) is 3.39. The summed E-state index contributed by atoms with van der Waals surface area (Å²) in [4.78, 5) is 12.2. The van der Waals surface area contributed by atoms with Gasteiger partial charge in [0.2, 0.25) is 0 Å². The van der Waals surface area contributed by atoms with Crippen molar-refractivity contribution in [3.8, 4) is 5.75 Å². The number of carbonyl (C=O) groups is 1. The summed E-state index contributed by atoms with van der Waals surface area (Å²) in [5, 5.41) is 9.80. The molecule has 0 radical (unpaired) electrons. The zero-order valence-corrected chi connectivity index (χ0v) is 17.2. The molecular formula is C16H15O2Rf-. The SMILES string of the molecule is [CH2-]CCc1ccc(O)c(C(=O)c2ccccc2)c1.[Rf]. The summed E-state index contributed by atoms with van der Waals surface area (Å²) in [5.41, 5.74) is 1.95. The van der Waals surface area contributed by atoms with Crippen LogP contribution in [0.15, 0.2) is 48.5 Å². The Labute approximate surface area is 107 Å². The minimum Gasteiger partial charge on any atom is -0.507 e. The van der Waals surface area contributed by atoms with Crippen LogP contribution in [-0.4, -0.2) is 10.9 Å². The van der Waals surface area contributed by atoms with Crippen LogP contribution in [0.25, 0.3) is 0 Å². The van der Waals surface area contributed by atoms with E-state index in [0.29, 0.717) is 11.1 Å². The molecule has 2 rings (SSSR count). The summed E-state index contributed by atoms with van der Waals surface area (Å²) < 4.78 is 0. The molecule has 0 bridgehead atoms. The molecule has 19 heavy (non-hydrogen) atoms. The smallest absolute Gasteiger partial charge is 0.196 e. The average molecular weight is 506 g/mol. The van der Waals surface area contributed by atoms with E-state index in [1.54, 1.807) is 24.3 Å². The Balaban J connectivity index is 0.00000180. The van der Waals surface area contributed by atoms with E-state index in [2.05, 4.69) is 6.92 Å². The van der Waals surface area contributed by atoms with Crippen molar-refractivity contribution in [2.24, 2.45) is 0 Å². The maximum atomic E-state index is 12.2. The quantitative estimate of drug-likeness (QED) is 0.510. The fraction of sp³-hybridized carbons (Fsp3) is 0.125. The molecule has 0 heterocycles. The number of phenolic OH excluding ortho intramolecular Hbond substituents is 1. The van der Waals surface area contributed by atoms with Gasteiger partial charge in [0.25, 0.3) is 0 Å². The van der Waals surface area contributed by atoms with Crippen LogP contribution in [0.4, 0.5) is 0 Å². The van der Waals surface area contributed by atoms with E-state index in [1.807, 2.05) is 24.3 Å². The molecule has 0 aromatic heterocycles. The molecule has 0 amide bonds. The largest absolute Gasteiger partial charge is 0.507 e. The molecule has 0 aliphatic carbocycles. The van der Waals surface area contributed by atoms with Crippen molar-refractivity contribution in [2.45, 2.75) is 12.8 Å². The Morgan fingerprint density at radius 1 is 1.11 bits per heavy atom. The number of ketones is 1. The first-order valence-electron chi connectivity index (χ1n) is 5.93. The van der Waals surface area contributed by atoms with Crippen LogP contribution in [-0.2, 0) is 6.42 Å². The Morgan fingerprint density at radius 3 is 2.42 bits per heavy atom. The van der Waals surface area contributed by atoms with Gasteiger partial charge in [0.1, 0.15) is 5.75 Å². The fourth-order valence-electron chi connectivity index (χ4n) is 1.87. The normalized spacial score (nSPS) is 9.74. The summed E-state index contributed by atoms with van der Waals surface area (Å²) >= 11 is 0. The first-order chi connectivity index (χ1) is 8.72. The van der Waals surface area contributed by atoms with Crippen LogP contribution in [0.1, 0.15) is 27.9 Å². The molecule has 1 N–H and O–H groups in total. The molecule has 3 heteroatoms. The van der Waals surface area contributed by atoms with Crippen molar-refractivity contribution >= 4 is 5.78 Å². The van der Waals surface area contributed by atoms with Crippen LogP contribution in [0.5, 0.6) is 5.75 Å². The molecule has 0 aliphatic rings. The van der Waals surface area contributed by atoms with E-state index in [4.69, 9.17) is 0 Å². The Kier molecular flexibility index (Phi) is 4.42. The van der Waals surface area contributed by atoms with Gasteiger partial charge < -0.3 is 12.0 Å². The minimum atomic E-state index is -0.154. The van der Waals surface area contributed by atoms with Gasteiger partial charge in [-0.25, -0.2) is 0 Å². The van der Waals surface area contributed by atoms with E-state index in [9.17, 15) is 9.90 Å². The first-order valence-corrected chi connectivity index (χ1v) is 5.93. The molecule has 0 atom stereocenters. The number of aromatic hydroxyl groups is 1. The average Bonchev–Trinajstić information content (AvgIpc) is 2.41. The van der Waals surface area contributed by atoms with Gasteiger partial charge in [0.05, 0.1) is 5.56 Å². The fourth-order valence-corrected chi connectivity index (χ4v) is 1.87. The molecular weight excluding hydrogens is 491 g/mol. The van der Waals surface area contributed by atoms with E-state index in [-0.39, 0.29) is 11.5 Å².